The number of amides is 1. The summed E-state index contributed by atoms with van der Waals surface area (Å²) in [4.78, 5) is 11.8. The third-order valence-electron chi connectivity index (χ3n) is 3.28. The first kappa shape index (κ1) is 16.3. The average molecular weight is 303 g/mol. The van der Waals surface area contributed by atoms with Crippen LogP contribution in [0, 0.1) is 5.92 Å². The molecule has 1 aromatic rings. The third kappa shape index (κ3) is 5.39. The lowest BCUT2D eigenvalue weighted by molar-refractivity contribution is -0.115. The van der Waals surface area contributed by atoms with E-state index in [9.17, 15) is 4.79 Å². The zero-order valence-electron chi connectivity index (χ0n) is 11.5. The predicted molar refractivity (Wildman–Crippen MR) is 82.0 cm³/mol. The molecule has 0 saturated heterocycles. The van der Waals surface area contributed by atoms with Gasteiger partial charge in [-0.15, -0.1) is 0 Å². The van der Waals surface area contributed by atoms with Gasteiger partial charge in [-0.05, 0) is 31.0 Å². The lowest BCUT2D eigenvalue weighted by Gasteiger charge is -2.19. The van der Waals surface area contributed by atoms with E-state index in [2.05, 4.69) is 31.4 Å². The molecule has 1 aromatic carbocycles. The Morgan fingerprint density at radius 1 is 1.32 bits per heavy atom. The minimum Gasteiger partial charge on any atom is -0.324 e. The summed E-state index contributed by atoms with van der Waals surface area (Å²) in [5.41, 5.74) is 0.539. The van der Waals surface area contributed by atoms with E-state index in [-0.39, 0.29) is 12.5 Å². The molecular formula is C14H20Cl2N2O. The van der Waals surface area contributed by atoms with Crippen molar-refractivity contribution in [3.05, 3.63) is 28.2 Å². The van der Waals surface area contributed by atoms with Crippen molar-refractivity contribution in [3.63, 3.8) is 0 Å². The van der Waals surface area contributed by atoms with Crippen LogP contribution in [0.5, 0.6) is 0 Å². The number of halogens is 2. The van der Waals surface area contributed by atoms with E-state index in [0.29, 0.717) is 27.7 Å². The van der Waals surface area contributed by atoms with Gasteiger partial charge in [-0.3, -0.25) is 4.79 Å². The monoisotopic (exact) mass is 302 g/mol. The summed E-state index contributed by atoms with van der Waals surface area (Å²) in [6, 6.07) is 5.28. The fourth-order valence-corrected chi connectivity index (χ4v) is 1.93. The summed E-state index contributed by atoms with van der Waals surface area (Å²) in [5.74, 6) is 0.405. The summed E-state index contributed by atoms with van der Waals surface area (Å²) in [6.45, 7) is 6.63. The van der Waals surface area contributed by atoms with Crippen LogP contribution in [-0.4, -0.2) is 18.5 Å². The lowest BCUT2D eigenvalue weighted by Crippen LogP contribution is -2.37. The molecule has 2 atom stereocenters. The SMILES string of the molecule is CC[C@@H](C)[C@@H](C)NCC(=O)Nc1cc(Cl)ccc1Cl. The molecule has 5 heteroatoms. The molecule has 2 N–H and O–H groups in total. The Morgan fingerprint density at radius 3 is 2.63 bits per heavy atom. The first-order valence-electron chi connectivity index (χ1n) is 6.42. The number of carbonyl (C=O) groups is 1. The highest BCUT2D eigenvalue weighted by atomic mass is 35.5. The van der Waals surface area contributed by atoms with Crippen LogP contribution in [0.15, 0.2) is 18.2 Å². The molecule has 106 valence electrons. The maximum Gasteiger partial charge on any atom is 0.238 e. The number of carbonyl (C=O) groups excluding carboxylic acids is 1. The second-order valence-electron chi connectivity index (χ2n) is 4.73. The molecular weight excluding hydrogens is 283 g/mol. The second kappa shape index (κ2) is 7.73. The van der Waals surface area contributed by atoms with E-state index in [4.69, 9.17) is 23.2 Å². The van der Waals surface area contributed by atoms with Crippen molar-refractivity contribution in [1.29, 1.82) is 0 Å². The van der Waals surface area contributed by atoms with Gasteiger partial charge in [-0.25, -0.2) is 0 Å². The van der Waals surface area contributed by atoms with Gasteiger partial charge in [0.2, 0.25) is 5.91 Å². The predicted octanol–water partition coefficient (Wildman–Crippen LogP) is 3.96. The Bertz CT molecular complexity index is 437. The summed E-state index contributed by atoms with van der Waals surface area (Å²) >= 11 is 11.8. The number of hydrogen-bond donors (Lipinski definition) is 2. The van der Waals surface area contributed by atoms with Crippen molar-refractivity contribution >= 4 is 34.8 Å². The van der Waals surface area contributed by atoms with E-state index >= 15 is 0 Å². The largest absolute Gasteiger partial charge is 0.324 e. The van der Waals surface area contributed by atoms with Crippen LogP contribution < -0.4 is 10.6 Å². The molecule has 0 saturated carbocycles. The van der Waals surface area contributed by atoms with Crippen molar-refractivity contribution in [2.24, 2.45) is 5.92 Å². The molecule has 3 nitrogen and oxygen atoms in total. The number of benzene rings is 1. The standard InChI is InChI=1S/C14H20Cl2N2O/c1-4-9(2)10(3)17-8-14(19)18-13-7-11(15)5-6-12(13)16/h5-7,9-10,17H,4,8H2,1-3H3,(H,18,19)/t9-,10-/m1/s1. The zero-order chi connectivity index (χ0) is 14.4. The summed E-state index contributed by atoms with van der Waals surface area (Å²) < 4.78 is 0. The minimum absolute atomic E-state index is 0.126. The van der Waals surface area contributed by atoms with Gasteiger partial charge in [0.25, 0.3) is 0 Å². The van der Waals surface area contributed by atoms with Crippen molar-refractivity contribution in [2.45, 2.75) is 33.2 Å². The Labute approximate surface area is 124 Å². The Hall–Kier alpha value is -0.770. The molecule has 0 aliphatic heterocycles. The topological polar surface area (TPSA) is 41.1 Å². The zero-order valence-corrected chi connectivity index (χ0v) is 13.0. The Balaban J connectivity index is 2.49. The van der Waals surface area contributed by atoms with E-state index in [1.807, 2.05) is 0 Å². The van der Waals surface area contributed by atoms with Crippen molar-refractivity contribution in [1.82, 2.24) is 5.32 Å². The highest BCUT2D eigenvalue weighted by molar-refractivity contribution is 6.35. The molecule has 1 amide bonds. The van der Waals surface area contributed by atoms with E-state index in [0.717, 1.165) is 6.42 Å². The van der Waals surface area contributed by atoms with Gasteiger partial charge in [0.15, 0.2) is 0 Å². The molecule has 0 spiro atoms. The minimum atomic E-state index is -0.126. The number of hydrogen-bond acceptors (Lipinski definition) is 2. The van der Waals surface area contributed by atoms with Crippen LogP contribution in [0.2, 0.25) is 10.0 Å². The van der Waals surface area contributed by atoms with Gasteiger partial charge >= 0.3 is 0 Å². The maximum absolute atomic E-state index is 11.8. The van der Waals surface area contributed by atoms with Crippen LogP contribution in [0.3, 0.4) is 0 Å². The maximum atomic E-state index is 11.8. The molecule has 0 aromatic heterocycles. The van der Waals surface area contributed by atoms with Crippen molar-refractivity contribution < 1.29 is 4.79 Å². The lowest BCUT2D eigenvalue weighted by atomic mass is 10.0. The number of nitrogens with one attached hydrogen (secondary N) is 2. The quantitative estimate of drug-likeness (QED) is 0.835. The van der Waals surface area contributed by atoms with Gasteiger partial charge in [-0.2, -0.15) is 0 Å². The van der Waals surface area contributed by atoms with Crippen molar-refractivity contribution in [3.8, 4) is 0 Å². The van der Waals surface area contributed by atoms with E-state index in [1.165, 1.54) is 0 Å². The Morgan fingerprint density at radius 2 is 2.00 bits per heavy atom. The molecule has 19 heavy (non-hydrogen) atoms. The Kier molecular flexibility index (Phi) is 6.63. The smallest absolute Gasteiger partial charge is 0.238 e. The van der Waals surface area contributed by atoms with Gasteiger partial charge in [-0.1, -0.05) is 43.5 Å². The van der Waals surface area contributed by atoms with Gasteiger partial charge in [0, 0.05) is 11.1 Å². The van der Waals surface area contributed by atoms with Gasteiger partial charge < -0.3 is 10.6 Å². The summed E-state index contributed by atoms with van der Waals surface area (Å²) in [6.07, 6.45) is 1.08. The highest BCUT2D eigenvalue weighted by Gasteiger charge is 2.12. The van der Waals surface area contributed by atoms with E-state index < -0.39 is 0 Å². The molecule has 0 fully saturated rings. The van der Waals surface area contributed by atoms with Crippen LogP contribution >= 0.6 is 23.2 Å². The van der Waals surface area contributed by atoms with Crippen LogP contribution in [0.1, 0.15) is 27.2 Å². The van der Waals surface area contributed by atoms with Crippen molar-refractivity contribution in [2.75, 3.05) is 11.9 Å². The third-order valence-corrected chi connectivity index (χ3v) is 3.85. The molecule has 1 rings (SSSR count). The highest BCUT2D eigenvalue weighted by Crippen LogP contribution is 2.25. The molecule has 0 heterocycles. The van der Waals surface area contributed by atoms with Crippen LogP contribution in [0.4, 0.5) is 5.69 Å². The molecule has 0 aliphatic carbocycles. The number of anilines is 1. The summed E-state index contributed by atoms with van der Waals surface area (Å²) in [7, 11) is 0. The normalized spacial score (nSPS) is 13.9. The molecule has 0 bridgehead atoms. The fraction of sp³-hybridized carbons (Fsp3) is 0.500. The average Bonchev–Trinajstić information content (AvgIpc) is 2.39. The van der Waals surface area contributed by atoms with Crippen LogP contribution in [-0.2, 0) is 4.79 Å². The van der Waals surface area contributed by atoms with E-state index in [1.54, 1.807) is 18.2 Å². The second-order valence-corrected chi connectivity index (χ2v) is 5.57. The number of rotatable bonds is 6. The van der Waals surface area contributed by atoms with Crippen LogP contribution in [0.25, 0.3) is 0 Å². The van der Waals surface area contributed by atoms with Gasteiger partial charge in [0.1, 0.15) is 0 Å². The molecule has 0 aliphatic rings. The first-order chi connectivity index (χ1) is 8.93. The summed E-state index contributed by atoms with van der Waals surface area (Å²) in [5, 5.41) is 6.97. The van der Waals surface area contributed by atoms with Gasteiger partial charge in [0.05, 0.1) is 17.3 Å². The first-order valence-corrected chi connectivity index (χ1v) is 7.18. The fourth-order valence-electron chi connectivity index (χ4n) is 1.60. The molecule has 0 unspecified atom stereocenters. The molecule has 0 radical (unpaired) electrons.